The average Bonchev–Trinajstić information content (AvgIpc) is 2.48. The number of carbonyl (C=O) groups excluding carboxylic acids is 1. The molecule has 0 bridgehead atoms. The molecule has 1 aromatic carbocycles. The Morgan fingerprint density at radius 3 is 2.55 bits per heavy atom. The van der Waals surface area contributed by atoms with Crippen LogP contribution >= 0.6 is 15.9 Å². The lowest BCUT2D eigenvalue weighted by atomic mass is 10.2. The maximum atomic E-state index is 12.9. The highest BCUT2D eigenvalue weighted by atomic mass is 79.9. The van der Waals surface area contributed by atoms with Gasteiger partial charge in [0, 0.05) is 18.4 Å². The molecule has 1 heterocycles. The number of pyridine rings is 1. The molecule has 1 amide bonds. The van der Waals surface area contributed by atoms with E-state index < -0.39 is 5.82 Å². The van der Waals surface area contributed by atoms with Crippen LogP contribution in [0.1, 0.15) is 16.1 Å². The number of amides is 1. The first-order chi connectivity index (χ1) is 9.70. The Morgan fingerprint density at radius 1 is 1.20 bits per heavy atom. The van der Waals surface area contributed by atoms with E-state index in [1.165, 1.54) is 12.1 Å². The summed E-state index contributed by atoms with van der Waals surface area (Å²) in [6.07, 6.45) is 1.06. The lowest BCUT2D eigenvalue weighted by Crippen LogP contribution is -2.32. The highest BCUT2D eigenvalue weighted by molar-refractivity contribution is 9.09. The highest BCUT2D eigenvalue weighted by Gasteiger charge is 2.16. The van der Waals surface area contributed by atoms with Crippen LogP contribution in [0.2, 0.25) is 0 Å². The summed E-state index contributed by atoms with van der Waals surface area (Å²) >= 11 is 3.34. The van der Waals surface area contributed by atoms with Gasteiger partial charge >= 0.3 is 0 Å². The quantitative estimate of drug-likeness (QED) is 0.785. The third kappa shape index (κ3) is 3.87. The van der Waals surface area contributed by atoms with Gasteiger partial charge in [-0.3, -0.25) is 4.79 Å². The molecule has 0 saturated heterocycles. The van der Waals surface area contributed by atoms with Crippen molar-refractivity contribution in [1.82, 2.24) is 9.88 Å². The van der Waals surface area contributed by atoms with Gasteiger partial charge in [-0.1, -0.05) is 46.3 Å². The van der Waals surface area contributed by atoms with E-state index in [4.69, 9.17) is 0 Å². The van der Waals surface area contributed by atoms with Crippen LogP contribution in [0, 0.1) is 5.82 Å². The fraction of sp³-hybridized carbons (Fsp3) is 0.200. The number of hydrogen-bond acceptors (Lipinski definition) is 2. The van der Waals surface area contributed by atoms with Gasteiger partial charge in [-0.2, -0.15) is 0 Å². The fourth-order valence-electron chi connectivity index (χ4n) is 1.82. The van der Waals surface area contributed by atoms with Gasteiger partial charge in [-0.25, -0.2) is 9.37 Å². The van der Waals surface area contributed by atoms with Crippen molar-refractivity contribution in [3.8, 4) is 0 Å². The van der Waals surface area contributed by atoms with Gasteiger partial charge in [-0.15, -0.1) is 0 Å². The minimum absolute atomic E-state index is 0.201. The molecule has 5 heteroatoms. The van der Waals surface area contributed by atoms with E-state index in [9.17, 15) is 9.18 Å². The summed E-state index contributed by atoms with van der Waals surface area (Å²) in [5.74, 6) is -0.648. The number of hydrogen-bond donors (Lipinski definition) is 0. The molecule has 0 radical (unpaired) electrons. The molecule has 0 saturated carbocycles. The standard InChI is InChI=1S/C15H14BrFN2O/c16-8-9-19(11-12-4-2-1-3-5-12)15(20)14-7-6-13(17)10-18-14/h1-7,10H,8-9,11H2. The van der Waals surface area contributed by atoms with Crippen molar-refractivity contribution in [2.45, 2.75) is 6.54 Å². The largest absolute Gasteiger partial charge is 0.332 e. The van der Waals surface area contributed by atoms with E-state index in [2.05, 4.69) is 20.9 Å². The number of alkyl halides is 1. The maximum absolute atomic E-state index is 12.9. The number of nitrogens with zero attached hydrogens (tertiary/aromatic N) is 2. The smallest absolute Gasteiger partial charge is 0.272 e. The molecule has 0 N–H and O–H groups in total. The second-order valence-corrected chi connectivity index (χ2v) is 5.06. The minimum Gasteiger partial charge on any atom is -0.332 e. The van der Waals surface area contributed by atoms with Crippen LogP contribution in [0.5, 0.6) is 0 Å². The first-order valence-electron chi connectivity index (χ1n) is 6.21. The number of rotatable bonds is 5. The average molecular weight is 337 g/mol. The van der Waals surface area contributed by atoms with Crippen molar-refractivity contribution >= 4 is 21.8 Å². The first kappa shape index (κ1) is 14.7. The Balaban J connectivity index is 2.15. The van der Waals surface area contributed by atoms with Gasteiger partial charge in [0.15, 0.2) is 0 Å². The molecule has 0 atom stereocenters. The Hall–Kier alpha value is -1.75. The Bertz CT molecular complexity index is 560. The summed E-state index contributed by atoms with van der Waals surface area (Å²) in [6.45, 7) is 1.07. The summed E-state index contributed by atoms with van der Waals surface area (Å²) in [7, 11) is 0. The molecule has 0 unspecified atom stereocenters. The van der Waals surface area contributed by atoms with Crippen LogP contribution in [0.4, 0.5) is 4.39 Å². The Labute approximate surface area is 125 Å². The zero-order chi connectivity index (χ0) is 14.4. The zero-order valence-electron chi connectivity index (χ0n) is 10.8. The van der Waals surface area contributed by atoms with Crippen LogP contribution < -0.4 is 0 Å². The van der Waals surface area contributed by atoms with Crippen molar-refractivity contribution in [3.05, 3.63) is 65.7 Å². The van der Waals surface area contributed by atoms with Crippen molar-refractivity contribution in [3.63, 3.8) is 0 Å². The molecule has 0 aliphatic rings. The van der Waals surface area contributed by atoms with Gasteiger partial charge < -0.3 is 4.90 Å². The number of carbonyl (C=O) groups is 1. The predicted octanol–water partition coefficient (Wildman–Crippen LogP) is 3.26. The summed E-state index contributed by atoms with van der Waals surface area (Å²) < 4.78 is 12.9. The van der Waals surface area contributed by atoms with Crippen LogP contribution in [-0.2, 0) is 6.54 Å². The SMILES string of the molecule is O=C(c1ccc(F)cn1)N(CCBr)Cc1ccccc1. The highest BCUT2D eigenvalue weighted by Crippen LogP contribution is 2.09. The second kappa shape index (κ2) is 7.14. The molecular formula is C15H14BrFN2O. The van der Waals surface area contributed by atoms with Crippen LogP contribution in [-0.4, -0.2) is 27.7 Å². The van der Waals surface area contributed by atoms with E-state index in [-0.39, 0.29) is 11.6 Å². The fourth-order valence-corrected chi connectivity index (χ4v) is 2.25. The van der Waals surface area contributed by atoms with Crippen LogP contribution in [0.15, 0.2) is 48.7 Å². The topological polar surface area (TPSA) is 33.2 Å². The number of benzene rings is 1. The van der Waals surface area contributed by atoms with E-state index in [1.54, 1.807) is 4.90 Å². The molecular weight excluding hydrogens is 323 g/mol. The van der Waals surface area contributed by atoms with Gasteiger partial charge in [0.2, 0.25) is 0 Å². The lowest BCUT2D eigenvalue weighted by molar-refractivity contribution is 0.0748. The molecule has 2 aromatic rings. The van der Waals surface area contributed by atoms with Gasteiger partial charge in [-0.05, 0) is 17.7 Å². The summed E-state index contributed by atoms with van der Waals surface area (Å²) in [5, 5.41) is 0.673. The molecule has 104 valence electrons. The van der Waals surface area contributed by atoms with E-state index in [0.29, 0.717) is 18.4 Å². The van der Waals surface area contributed by atoms with Crippen molar-refractivity contribution in [2.75, 3.05) is 11.9 Å². The van der Waals surface area contributed by atoms with Gasteiger partial charge in [0.25, 0.3) is 5.91 Å². The monoisotopic (exact) mass is 336 g/mol. The molecule has 1 aromatic heterocycles. The van der Waals surface area contributed by atoms with Gasteiger partial charge in [0.1, 0.15) is 11.5 Å². The molecule has 20 heavy (non-hydrogen) atoms. The molecule has 0 fully saturated rings. The normalized spacial score (nSPS) is 10.3. The Morgan fingerprint density at radius 2 is 1.95 bits per heavy atom. The minimum atomic E-state index is -0.448. The molecule has 3 nitrogen and oxygen atoms in total. The molecule has 0 aliphatic heterocycles. The van der Waals surface area contributed by atoms with Crippen molar-refractivity contribution in [2.24, 2.45) is 0 Å². The molecule has 0 spiro atoms. The van der Waals surface area contributed by atoms with Crippen LogP contribution in [0.3, 0.4) is 0 Å². The van der Waals surface area contributed by atoms with E-state index in [1.807, 2.05) is 30.3 Å². The maximum Gasteiger partial charge on any atom is 0.272 e. The first-order valence-corrected chi connectivity index (χ1v) is 7.33. The van der Waals surface area contributed by atoms with Crippen molar-refractivity contribution < 1.29 is 9.18 Å². The summed E-state index contributed by atoms with van der Waals surface area (Å²) in [6, 6.07) is 12.4. The van der Waals surface area contributed by atoms with Crippen LogP contribution in [0.25, 0.3) is 0 Å². The lowest BCUT2D eigenvalue weighted by Gasteiger charge is -2.21. The van der Waals surface area contributed by atoms with E-state index >= 15 is 0 Å². The summed E-state index contributed by atoms with van der Waals surface area (Å²) in [5.41, 5.74) is 1.30. The number of halogens is 2. The molecule has 0 aliphatic carbocycles. The second-order valence-electron chi connectivity index (χ2n) is 4.26. The third-order valence-corrected chi connectivity index (χ3v) is 3.16. The summed E-state index contributed by atoms with van der Waals surface area (Å²) in [4.78, 5) is 17.9. The number of aromatic nitrogens is 1. The van der Waals surface area contributed by atoms with E-state index in [0.717, 1.165) is 11.8 Å². The van der Waals surface area contributed by atoms with Crippen molar-refractivity contribution in [1.29, 1.82) is 0 Å². The predicted molar refractivity (Wildman–Crippen MR) is 79.2 cm³/mol. The third-order valence-electron chi connectivity index (χ3n) is 2.80. The molecule has 2 rings (SSSR count). The zero-order valence-corrected chi connectivity index (χ0v) is 12.4. The van der Waals surface area contributed by atoms with Gasteiger partial charge in [0.05, 0.1) is 6.20 Å². The Kier molecular flexibility index (Phi) is 5.24.